The minimum Gasteiger partial charge on any atom is -0.462 e. The predicted molar refractivity (Wildman–Crippen MR) is 104 cm³/mol. The molecule has 9 heteroatoms. The second-order valence-electron chi connectivity index (χ2n) is 6.58. The predicted octanol–water partition coefficient (Wildman–Crippen LogP) is 3.33. The summed E-state index contributed by atoms with van der Waals surface area (Å²) in [5, 5.41) is 4.94. The van der Waals surface area contributed by atoms with E-state index in [0.717, 1.165) is 18.4 Å². The van der Waals surface area contributed by atoms with Crippen molar-refractivity contribution in [2.24, 2.45) is 0 Å². The highest BCUT2D eigenvalue weighted by atomic mass is 32.1. The van der Waals surface area contributed by atoms with Crippen LogP contribution in [0.4, 0.5) is 5.00 Å². The van der Waals surface area contributed by atoms with Crippen LogP contribution in [0.1, 0.15) is 52.0 Å². The van der Waals surface area contributed by atoms with Crippen LogP contribution >= 0.6 is 11.3 Å². The molecule has 0 spiro atoms. The molecule has 1 fully saturated rings. The number of anilines is 1. The molecule has 2 aromatic rings. The second kappa shape index (κ2) is 8.12. The fourth-order valence-corrected chi connectivity index (χ4v) is 4.02. The molecule has 1 amide bonds. The Bertz CT molecular complexity index is 964. The fraction of sp³-hybridized carbons (Fsp3) is 0.350. The Morgan fingerprint density at radius 3 is 2.69 bits per heavy atom. The van der Waals surface area contributed by atoms with E-state index in [4.69, 9.17) is 18.9 Å². The van der Waals surface area contributed by atoms with Crippen molar-refractivity contribution in [2.75, 3.05) is 25.3 Å². The largest absolute Gasteiger partial charge is 0.462 e. The van der Waals surface area contributed by atoms with Gasteiger partial charge in [-0.05, 0) is 54.8 Å². The minimum atomic E-state index is -0.658. The highest BCUT2D eigenvalue weighted by molar-refractivity contribution is 7.15. The normalized spacial score (nSPS) is 14.4. The monoisotopic (exact) mass is 417 g/mol. The van der Waals surface area contributed by atoms with Crippen molar-refractivity contribution in [1.29, 1.82) is 0 Å². The lowest BCUT2D eigenvalue weighted by Gasteiger charge is -2.09. The van der Waals surface area contributed by atoms with Gasteiger partial charge < -0.3 is 24.3 Å². The van der Waals surface area contributed by atoms with Gasteiger partial charge in [0.1, 0.15) is 5.00 Å². The van der Waals surface area contributed by atoms with Crippen molar-refractivity contribution < 1.29 is 33.3 Å². The van der Waals surface area contributed by atoms with Gasteiger partial charge in [0.05, 0.1) is 17.7 Å². The van der Waals surface area contributed by atoms with Gasteiger partial charge >= 0.3 is 11.9 Å². The lowest BCUT2D eigenvalue weighted by atomic mass is 10.1. The number of nitrogens with one attached hydrogen (secondary N) is 1. The molecule has 1 aliphatic carbocycles. The summed E-state index contributed by atoms with van der Waals surface area (Å²) in [6, 6.07) is 4.64. The number of esters is 2. The zero-order chi connectivity index (χ0) is 20.4. The Morgan fingerprint density at radius 1 is 1.14 bits per heavy atom. The molecule has 4 rings (SSSR count). The van der Waals surface area contributed by atoms with Gasteiger partial charge in [0.15, 0.2) is 18.1 Å². The fourth-order valence-electron chi connectivity index (χ4n) is 2.97. The van der Waals surface area contributed by atoms with E-state index < -0.39 is 24.5 Å². The van der Waals surface area contributed by atoms with Crippen LogP contribution in [0.25, 0.3) is 0 Å². The summed E-state index contributed by atoms with van der Waals surface area (Å²) in [6.45, 7) is 1.60. The van der Waals surface area contributed by atoms with Crippen LogP contribution in [0.15, 0.2) is 23.6 Å². The molecule has 0 bridgehead atoms. The van der Waals surface area contributed by atoms with Gasteiger partial charge in [0, 0.05) is 0 Å². The minimum absolute atomic E-state index is 0.0999. The quantitative estimate of drug-likeness (QED) is 0.690. The van der Waals surface area contributed by atoms with Crippen molar-refractivity contribution in [3.63, 3.8) is 0 Å². The third kappa shape index (κ3) is 4.19. The van der Waals surface area contributed by atoms with Crippen molar-refractivity contribution in [3.8, 4) is 11.5 Å². The molecular formula is C20H19NO7S. The van der Waals surface area contributed by atoms with E-state index in [9.17, 15) is 14.4 Å². The molecule has 29 heavy (non-hydrogen) atoms. The molecule has 152 valence electrons. The van der Waals surface area contributed by atoms with E-state index >= 15 is 0 Å². The molecule has 2 heterocycles. The molecule has 2 aliphatic rings. The summed E-state index contributed by atoms with van der Waals surface area (Å²) in [5.41, 5.74) is 1.55. The van der Waals surface area contributed by atoms with Gasteiger partial charge in [-0.2, -0.15) is 0 Å². The van der Waals surface area contributed by atoms with Crippen LogP contribution in [0.5, 0.6) is 11.5 Å². The number of carbonyl (C=O) groups excluding carboxylic acids is 3. The Labute approximate surface area is 170 Å². The van der Waals surface area contributed by atoms with E-state index in [1.54, 1.807) is 13.0 Å². The Kier molecular flexibility index (Phi) is 5.39. The van der Waals surface area contributed by atoms with E-state index in [0.29, 0.717) is 28.0 Å². The standard InChI is InChI=1S/C20H19NO7S/c1-2-25-20(24)17-13(11-3-4-11)9-29-18(17)21-16(22)8-26-19(23)12-5-6-14-15(7-12)28-10-27-14/h5-7,9,11H,2-4,8,10H2,1H3,(H,21,22). The zero-order valence-electron chi connectivity index (χ0n) is 15.7. The highest BCUT2D eigenvalue weighted by Crippen LogP contribution is 2.46. The van der Waals surface area contributed by atoms with E-state index in [-0.39, 0.29) is 19.0 Å². The number of hydrogen-bond donors (Lipinski definition) is 1. The van der Waals surface area contributed by atoms with Crippen LogP contribution in [-0.4, -0.2) is 37.9 Å². The summed E-state index contributed by atoms with van der Waals surface area (Å²) in [5.74, 6) is -0.310. The first-order chi connectivity index (χ1) is 14.1. The molecule has 8 nitrogen and oxygen atoms in total. The first-order valence-corrected chi connectivity index (χ1v) is 10.1. The molecule has 1 aliphatic heterocycles. The molecule has 1 saturated carbocycles. The van der Waals surface area contributed by atoms with Crippen molar-refractivity contribution in [1.82, 2.24) is 0 Å². The molecule has 1 aromatic carbocycles. The third-order valence-electron chi connectivity index (χ3n) is 4.51. The molecule has 0 saturated heterocycles. The summed E-state index contributed by atoms with van der Waals surface area (Å²) in [4.78, 5) is 36.8. The van der Waals surface area contributed by atoms with Gasteiger partial charge in [0.25, 0.3) is 5.91 Å². The lowest BCUT2D eigenvalue weighted by molar-refractivity contribution is -0.119. The maximum atomic E-state index is 12.3. The number of rotatable bonds is 7. The summed E-state index contributed by atoms with van der Waals surface area (Å²) < 4.78 is 20.6. The number of benzene rings is 1. The lowest BCUT2D eigenvalue weighted by Crippen LogP contribution is -2.22. The van der Waals surface area contributed by atoms with Gasteiger partial charge in [-0.15, -0.1) is 11.3 Å². The number of hydrogen-bond acceptors (Lipinski definition) is 8. The first kappa shape index (κ1) is 19.3. The smallest absolute Gasteiger partial charge is 0.341 e. The van der Waals surface area contributed by atoms with Gasteiger partial charge in [-0.25, -0.2) is 9.59 Å². The number of amides is 1. The number of fused-ring (bicyclic) bond motifs is 1. The van der Waals surface area contributed by atoms with Crippen LogP contribution < -0.4 is 14.8 Å². The van der Waals surface area contributed by atoms with Crippen LogP contribution in [0, 0.1) is 0 Å². The number of thiophene rings is 1. The Balaban J connectivity index is 1.38. The maximum Gasteiger partial charge on any atom is 0.341 e. The highest BCUT2D eigenvalue weighted by Gasteiger charge is 2.32. The van der Waals surface area contributed by atoms with E-state index in [1.165, 1.54) is 23.5 Å². The first-order valence-electron chi connectivity index (χ1n) is 9.22. The summed E-state index contributed by atoms with van der Waals surface area (Å²) >= 11 is 1.27. The number of carbonyl (C=O) groups is 3. The Hall–Kier alpha value is -3.07. The van der Waals surface area contributed by atoms with E-state index in [2.05, 4.69) is 5.32 Å². The van der Waals surface area contributed by atoms with Gasteiger partial charge in [-0.3, -0.25) is 4.79 Å². The van der Waals surface area contributed by atoms with Gasteiger partial charge in [-0.1, -0.05) is 0 Å². The van der Waals surface area contributed by atoms with Crippen molar-refractivity contribution >= 4 is 34.2 Å². The van der Waals surface area contributed by atoms with Crippen LogP contribution in [-0.2, 0) is 14.3 Å². The molecule has 1 N–H and O–H groups in total. The van der Waals surface area contributed by atoms with Crippen molar-refractivity contribution in [2.45, 2.75) is 25.7 Å². The molecule has 0 unspecified atom stereocenters. The molecule has 0 radical (unpaired) electrons. The van der Waals surface area contributed by atoms with Crippen LogP contribution in [0.3, 0.4) is 0 Å². The molecular weight excluding hydrogens is 398 g/mol. The van der Waals surface area contributed by atoms with Crippen LogP contribution in [0.2, 0.25) is 0 Å². The second-order valence-corrected chi connectivity index (χ2v) is 7.46. The average molecular weight is 417 g/mol. The molecule has 0 atom stereocenters. The Morgan fingerprint density at radius 2 is 1.93 bits per heavy atom. The van der Waals surface area contributed by atoms with Gasteiger partial charge in [0.2, 0.25) is 6.79 Å². The number of ether oxygens (including phenoxy) is 4. The van der Waals surface area contributed by atoms with E-state index in [1.807, 2.05) is 5.38 Å². The zero-order valence-corrected chi connectivity index (χ0v) is 16.5. The summed E-state index contributed by atoms with van der Waals surface area (Å²) in [7, 11) is 0. The third-order valence-corrected chi connectivity index (χ3v) is 5.43. The van der Waals surface area contributed by atoms with Crippen molar-refractivity contribution in [3.05, 3.63) is 40.3 Å². The summed E-state index contributed by atoms with van der Waals surface area (Å²) in [6.07, 6.45) is 2.04. The SMILES string of the molecule is CCOC(=O)c1c(C2CC2)csc1NC(=O)COC(=O)c1ccc2c(c1)OCO2. The topological polar surface area (TPSA) is 100 Å². The maximum absolute atomic E-state index is 12.3. The average Bonchev–Trinajstić information content (AvgIpc) is 3.30. The molecule has 1 aromatic heterocycles.